The summed E-state index contributed by atoms with van der Waals surface area (Å²) in [6, 6.07) is -1.03. The van der Waals surface area contributed by atoms with Gasteiger partial charge in [-0.1, -0.05) is 273 Å². The Hall–Kier alpha value is -2.90. The fraction of sp³-hybridized carbons (Fsp3) is 0.791. The van der Waals surface area contributed by atoms with E-state index < -0.39 is 67.4 Å². The molecule has 1 saturated heterocycles. The van der Waals surface area contributed by atoms with Crippen LogP contribution in [0.1, 0.15) is 278 Å². The summed E-state index contributed by atoms with van der Waals surface area (Å²) in [5.74, 6) is -1.20. The fourth-order valence-corrected chi connectivity index (χ4v) is 9.80. The highest BCUT2D eigenvalue weighted by molar-refractivity contribution is 5.80. The van der Waals surface area contributed by atoms with E-state index in [2.05, 4.69) is 86.8 Å². The number of hydrogen-bond donors (Lipinski definition) is 6. The van der Waals surface area contributed by atoms with Crippen LogP contribution in [0.3, 0.4) is 0 Å². The van der Waals surface area contributed by atoms with Crippen LogP contribution in [0.4, 0.5) is 0 Å². The van der Waals surface area contributed by atoms with Gasteiger partial charge in [0.1, 0.15) is 24.4 Å². The molecule has 0 spiro atoms. The highest BCUT2D eigenvalue weighted by atomic mass is 16.7. The summed E-state index contributed by atoms with van der Waals surface area (Å²) in [6.45, 7) is 5.68. The number of ether oxygens (including phenoxy) is 3. The van der Waals surface area contributed by atoms with Crippen LogP contribution in [0, 0.1) is 0 Å². The van der Waals surface area contributed by atoms with Crippen LogP contribution in [0.5, 0.6) is 0 Å². The lowest BCUT2D eigenvalue weighted by atomic mass is 9.99. The molecule has 8 unspecified atom stereocenters. The van der Waals surface area contributed by atoms with Crippen LogP contribution in [0.15, 0.2) is 72.9 Å². The Morgan fingerprint density at radius 1 is 0.513 bits per heavy atom. The van der Waals surface area contributed by atoms with E-state index in [-0.39, 0.29) is 13.0 Å². The van der Waals surface area contributed by atoms with E-state index in [0.29, 0.717) is 19.3 Å². The first kappa shape index (κ1) is 73.1. The molecule has 78 heavy (non-hydrogen) atoms. The molecule has 1 aliphatic rings. The van der Waals surface area contributed by atoms with E-state index in [1.165, 1.54) is 116 Å². The molecule has 0 aromatic rings. The third-order valence-corrected chi connectivity index (χ3v) is 14.9. The second-order valence-corrected chi connectivity index (χ2v) is 22.1. The number of hydrogen-bond acceptors (Lipinski definition) is 10. The van der Waals surface area contributed by atoms with Gasteiger partial charge < -0.3 is 45.1 Å². The molecular formula is C67H119NO10. The molecule has 0 radical (unpaired) electrons. The number of aliphatic hydroxyl groups excluding tert-OH is 5. The van der Waals surface area contributed by atoms with Crippen molar-refractivity contribution in [1.29, 1.82) is 0 Å². The summed E-state index contributed by atoms with van der Waals surface area (Å²) in [4.78, 5) is 26.6. The lowest BCUT2D eigenvalue weighted by Crippen LogP contribution is -2.61. The van der Waals surface area contributed by atoms with Crippen LogP contribution in [0.25, 0.3) is 0 Å². The smallest absolute Gasteiger partial charge is 0.306 e. The van der Waals surface area contributed by atoms with Crippen molar-refractivity contribution in [3.8, 4) is 0 Å². The summed E-state index contributed by atoms with van der Waals surface area (Å²) in [6.07, 6.45) is 59.3. The molecule has 0 saturated carbocycles. The summed E-state index contributed by atoms with van der Waals surface area (Å²) >= 11 is 0. The predicted molar refractivity (Wildman–Crippen MR) is 324 cm³/mol. The molecule has 452 valence electrons. The Labute approximate surface area is 477 Å². The maximum absolute atomic E-state index is 13.4. The highest BCUT2D eigenvalue weighted by Gasteiger charge is 2.47. The average Bonchev–Trinajstić information content (AvgIpc) is 3.44. The molecule has 0 aromatic carbocycles. The van der Waals surface area contributed by atoms with Crippen molar-refractivity contribution in [2.45, 2.75) is 327 Å². The number of esters is 1. The monoisotopic (exact) mass is 1100 g/mol. The SMILES string of the molecule is CC/C=C\C/C=C\C/C=C\C/C=C\C/C=C\CCCCCCCCCC(=O)OC1C(OCC(NC(=O)C(O)CCCCCCCCCCCCCCC)C(O)/C=C/CCCCCCCCCCCCC)OC(CO)C(O)C1O. The Morgan fingerprint density at radius 2 is 0.923 bits per heavy atom. The number of carbonyl (C=O) groups is 2. The van der Waals surface area contributed by atoms with E-state index in [1.54, 1.807) is 6.08 Å². The number of allylic oxidation sites excluding steroid dienone is 11. The van der Waals surface area contributed by atoms with Gasteiger partial charge in [-0.2, -0.15) is 0 Å². The topological polar surface area (TPSA) is 175 Å². The van der Waals surface area contributed by atoms with Crippen molar-refractivity contribution >= 4 is 11.9 Å². The van der Waals surface area contributed by atoms with Gasteiger partial charge in [-0.3, -0.25) is 9.59 Å². The van der Waals surface area contributed by atoms with Crippen molar-refractivity contribution in [2.75, 3.05) is 13.2 Å². The van der Waals surface area contributed by atoms with Crippen molar-refractivity contribution in [3.63, 3.8) is 0 Å². The minimum absolute atomic E-state index is 0.109. The zero-order chi connectivity index (χ0) is 56.8. The minimum atomic E-state index is -1.62. The first-order valence-electron chi connectivity index (χ1n) is 32.2. The molecule has 0 bridgehead atoms. The highest BCUT2D eigenvalue weighted by Crippen LogP contribution is 2.26. The number of unbranched alkanes of at least 4 members (excludes halogenated alkanes) is 30. The van der Waals surface area contributed by atoms with Crippen molar-refractivity contribution in [3.05, 3.63) is 72.9 Å². The van der Waals surface area contributed by atoms with Crippen molar-refractivity contribution < 1.29 is 49.3 Å². The standard InChI is InChI=1S/C67H119NO10/c1-4-7-10-13-16-19-22-25-26-27-28-29-30-31-32-33-34-37-40-43-46-49-52-55-62(72)78-65-64(74)63(73)61(56-69)77-67(65)76-57-58(59(70)53-50-47-44-41-38-35-23-20-17-14-11-8-5-2)68-66(75)60(71)54-51-48-45-42-39-36-24-21-18-15-12-9-6-3/h7,10,16,19,25-26,28-29,31-32,50,53,58-61,63-65,67,69-71,73-74H,4-6,8-9,11-15,17-18,20-24,27,30,33-49,51-52,54-57H2,1-3H3,(H,68,75)/b10-7-,19-16-,26-25-,29-28-,32-31-,53-50+. The van der Waals surface area contributed by atoms with E-state index in [1.807, 2.05) is 6.08 Å². The third-order valence-electron chi connectivity index (χ3n) is 14.9. The van der Waals surface area contributed by atoms with Gasteiger partial charge in [-0.05, 0) is 70.6 Å². The van der Waals surface area contributed by atoms with E-state index in [0.717, 1.165) is 116 Å². The molecule has 1 heterocycles. The number of rotatable bonds is 54. The molecule has 6 N–H and O–H groups in total. The molecule has 1 amide bonds. The predicted octanol–water partition coefficient (Wildman–Crippen LogP) is 15.6. The molecule has 11 nitrogen and oxygen atoms in total. The van der Waals surface area contributed by atoms with E-state index in [4.69, 9.17) is 14.2 Å². The molecule has 1 fully saturated rings. The fourth-order valence-electron chi connectivity index (χ4n) is 9.80. The second kappa shape index (κ2) is 54.7. The van der Waals surface area contributed by atoms with Gasteiger partial charge in [0.05, 0.1) is 25.4 Å². The Kier molecular flexibility index (Phi) is 51.3. The van der Waals surface area contributed by atoms with Gasteiger partial charge in [0.2, 0.25) is 5.91 Å². The average molecular weight is 1100 g/mol. The van der Waals surface area contributed by atoms with E-state index >= 15 is 0 Å². The lowest BCUT2D eigenvalue weighted by Gasteiger charge is -2.41. The van der Waals surface area contributed by atoms with Gasteiger partial charge in [0.15, 0.2) is 12.4 Å². The van der Waals surface area contributed by atoms with Crippen LogP contribution in [-0.4, -0.2) is 99.6 Å². The maximum Gasteiger partial charge on any atom is 0.306 e. The Balaban J connectivity index is 2.64. The van der Waals surface area contributed by atoms with Gasteiger partial charge in [-0.25, -0.2) is 0 Å². The molecule has 1 aliphatic heterocycles. The zero-order valence-electron chi connectivity index (χ0n) is 50.0. The summed E-state index contributed by atoms with van der Waals surface area (Å²) in [5.41, 5.74) is 0. The third kappa shape index (κ3) is 42.0. The Bertz CT molecular complexity index is 1540. The lowest BCUT2D eigenvalue weighted by molar-refractivity contribution is -0.305. The van der Waals surface area contributed by atoms with Crippen LogP contribution in [0.2, 0.25) is 0 Å². The normalized spacial score (nSPS) is 19.4. The number of nitrogens with one attached hydrogen (secondary N) is 1. The zero-order valence-corrected chi connectivity index (χ0v) is 50.0. The van der Waals surface area contributed by atoms with E-state index in [9.17, 15) is 35.1 Å². The van der Waals surface area contributed by atoms with Gasteiger partial charge >= 0.3 is 5.97 Å². The van der Waals surface area contributed by atoms with Gasteiger partial charge in [-0.15, -0.1) is 0 Å². The molecular weight excluding hydrogens is 979 g/mol. The number of amides is 1. The molecule has 0 aliphatic carbocycles. The van der Waals surface area contributed by atoms with Crippen LogP contribution >= 0.6 is 0 Å². The minimum Gasteiger partial charge on any atom is -0.454 e. The largest absolute Gasteiger partial charge is 0.454 e. The van der Waals surface area contributed by atoms with Gasteiger partial charge in [0, 0.05) is 6.42 Å². The Morgan fingerprint density at radius 3 is 1.38 bits per heavy atom. The first-order chi connectivity index (χ1) is 38.2. The maximum atomic E-state index is 13.4. The number of carbonyl (C=O) groups excluding carboxylic acids is 2. The summed E-state index contributed by atoms with van der Waals surface area (Å²) in [7, 11) is 0. The van der Waals surface area contributed by atoms with Crippen LogP contribution in [-0.2, 0) is 23.8 Å². The molecule has 11 heteroatoms. The molecule has 8 atom stereocenters. The van der Waals surface area contributed by atoms with Crippen LogP contribution < -0.4 is 5.32 Å². The molecule has 0 aromatic heterocycles. The van der Waals surface area contributed by atoms with Crippen molar-refractivity contribution in [2.24, 2.45) is 0 Å². The summed E-state index contributed by atoms with van der Waals surface area (Å²) < 4.78 is 17.6. The first-order valence-corrected chi connectivity index (χ1v) is 32.2. The number of aliphatic hydroxyl groups is 5. The quantitative estimate of drug-likeness (QED) is 0.0195. The summed E-state index contributed by atoms with van der Waals surface area (Å²) in [5, 5.41) is 57.0. The second-order valence-electron chi connectivity index (χ2n) is 22.1. The van der Waals surface area contributed by atoms with Crippen molar-refractivity contribution in [1.82, 2.24) is 5.32 Å². The molecule has 1 rings (SSSR count). The van der Waals surface area contributed by atoms with Gasteiger partial charge in [0.25, 0.3) is 0 Å².